The highest BCUT2D eigenvalue weighted by atomic mass is 16.5. The van der Waals surface area contributed by atoms with Gasteiger partial charge in [-0.2, -0.15) is 0 Å². The summed E-state index contributed by atoms with van der Waals surface area (Å²) in [6.45, 7) is 3.05. The number of anilines is 1. The summed E-state index contributed by atoms with van der Waals surface area (Å²) in [6.07, 6.45) is 5.19. The van der Waals surface area contributed by atoms with Gasteiger partial charge in [-0.15, -0.1) is 6.42 Å². The number of benzene rings is 2. The lowest BCUT2D eigenvalue weighted by Crippen LogP contribution is -2.39. The lowest BCUT2D eigenvalue weighted by molar-refractivity contribution is -0.123. The highest BCUT2D eigenvalue weighted by Crippen LogP contribution is 2.25. The molecule has 0 spiro atoms. The number of hydrogen-bond acceptors (Lipinski definition) is 3. The number of nitrogens with zero attached hydrogens (tertiary/aromatic N) is 2. The Kier molecular flexibility index (Phi) is 6.62. The molecule has 0 bridgehead atoms. The van der Waals surface area contributed by atoms with E-state index in [-0.39, 0.29) is 18.6 Å². The van der Waals surface area contributed by atoms with E-state index in [1.807, 2.05) is 73.5 Å². The first-order valence-electron chi connectivity index (χ1n) is 8.27. The van der Waals surface area contributed by atoms with Gasteiger partial charge in [0.05, 0.1) is 0 Å². The van der Waals surface area contributed by atoms with Gasteiger partial charge in [-0.3, -0.25) is 9.69 Å². The van der Waals surface area contributed by atoms with Crippen LogP contribution in [0.3, 0.4) is 0 Å². The maximum Gasteiger partial charge on any atom is 0.248 e. The minimum Gasteiger partial charge on any atom is -0.481 e. The average molecular weight is 336 g/mol. The lowest BCUT2D eigenvalue weighted by Gasteiger charge is -2.30. The van der Waals surface area contributed by atoms with E-state index in [1.54, 1.807) is 11.9 Å². The van der Waals surface area contributed by atoms with Crippen LogP contribution in [0.4, 0.5) is 5.69 Å². The number of carbonyl (C=O) groups is 1. The lowest BCUT2D eigenvalue weighted by atomic mass is 10.0. The van der Waals surface area contributed by atoms with Crippen molar-refractivity contribution < 1.29 is 9.53 Å². The van der Waals surface area contributed by atoms with E-state index >= 15 is 0 Å². The SMILES string of the molecule is C#CCOc1ccc(N(C)C(=O)C(c2ccccc2)N(C)CC)cc1. The fourth-order valence-electron chi connectivity index (χ4n) is 2.61. The Balaban J connectivity index is 2.22. The third kappa shape index (κ3) is 4.62. The number of rotatable bonds is 7. The first kappa shape index (κ1) is 18.6. The Morgan fingerprint density at radius 2 is 1.76 bits per heavy atom. The van der Waals surface area contributed by atoms with Gasteiger partial charge >= 0.3 is 0 Å². The van der Waals surface area contributed by atoms with Crippen LogP contribution >= 0.6 is 0 Å². The highest BCUT2D eigenvalue weighted by molar-refractivity contribution is 5.97. The minimum atomic E-state index is -0.325. The van der Waals surface area contributed by atoms with Crippen LogP contribution in [0.15, 0.2) is 54.6 Å². The fourth-order valence-corrected chi connectivity index (χ4v) is 2.61. The van der Waals surface area contributed by atoms with Crippen LogP contribution in [0.1, 0.15) is 18.5 Å². The van der Waals surface area contributed by atoms with E-state index in [4.69, 9.17) is 11.2 Å². The predicted octanol–water partition coefficient (Wildman–Crippen LogP) is 3.35. The molecule has 0 radical (unpaired) electrons. The largest absolute Gasteiger partial charge is 0.481 e. The van der Waals surface area contributed by atoms with Gasteiger partial charge in [0.1, 0.15) is 18.4 Å². The number of terminal acetylenes is 1. The van der Waals surface area contributed by atoms with Crippen molar-refractivity contribution >= 4 is 11.6 Å². The molecule has 0 N–H and O–H groups in total. The Morgan fingerprint density at radius 3 is 2.32 bits per heavy atom. The molecule has 130 valence electrons. The zero-order chi connectivity index (χ0) is 18.2. The minimum absolute atomic E-state index is 0.0212. The fraction of sp³-hybridized carbons (Fsp3) is 0.286. The van der Waals surface area contributed by atoms with Crippen LogP contribution < -0.4 is 9.64 Å². The number of likely N-dealkylation sites (N-methyl/N-ethyl adjacent to an activating group) is 2. The molecular weight excluding hydrogens is 312 g/mol. The summed E-state index contributed by atoms with van der Waals surface area (Å²) in [5, 5.41) is 0. The quantitative estimate of drug-likeness (QED) is 0.727. The molecule has 2 aromatic rings. The van der Waals surface area contributed by atoms with E-state index in [9.17, 15) is 4.79 Å². The van der Waals surface area contributed by atoms with Gasteiger partial charge < -0.3 is 9.64 Å². The molecule has 0 aliphatic rings. The standard InChI is InChI=1S/C21H24N2O2/c1-5-16-25-19-14-12-18(13-15-19)23(4)21(24)20(22(3)6-2)17-10-8-7-9-11-17/h1,7-15,20H,6,16H2,2-4H3. The number of ether oxygens (including phenoxy) is 1. The zero-order valence-corrected chi connectivity index (χ0v) is 15.0. The van der Waals surface area contributed by atoms with Crippen molar-refractivity contribution in [1.29, 1.82) is 0 Å². The highest BCUT2D eigenvalue weighted by Gasteiger charge is 2.27. The third-order valence-electron chi connectivity index (χ3n) is 4.17. The Morgan fingerprint density at radius 1 is 1.12 bits per heavy atom. The molecular formula is C21H24N2O2. The molecule has 0 saturated carbocycles. The Hall–Kier alpha value is -2.77. The monoisotopic (exact) mass is 336 g/mol. The molecule has 0 saturated heterocycles. The van der Waals surface area contributed by atoms with E-state index < -0.39 is 0 Å². The van der Waals surface area contributed by atoms with Gasteiger partial charge in [0.2, 0.25) is 5.91 Å². The van der Waals surface area contributed by atoms with E-state index in [2.05, 4.69) is 5.92 Å². The molecule has 25 heavy (non-hydrogen) atoms. The second kappa shape index (κ2) is 8.91. The maximum atomic E-state index is 13.1. The number of carbonyl (C=O) groups excluding carboxylic acids is 1. The molecule has 1 amide bonds. The van der Waals surface area contributed by atoms with Crippen molar-refractivity contribution in [1.82, 2.24) is 4.90 Å². The van der Waals surface area contributed by atoms with Crippen molar-refractivity contribution in [2.45, 2.75) is 13.0 Å². The van der Waals surface area contributed by atoms with Gasteiger partial charge in [0.25, 0.3) is 0 Å². The van der Waals surface area contributed by atoms with Gasteiger partial charge in [-0.05, 0) is 43.4 Å². The summed E-state index contributed by atoms with van der Waals surface area (Å²) in [5.74, 6) is 3.14. The van der Waals surface area contributed by atoms with E-state index in [0.29, 0.717) is 5.75 Å². The van der Waals surface area contributed by atoms with Gasteiger partial charge in [-0.1, -0.05) is 43.2 Å². The molecule has 0 heterocycles. The summed E-state index contributed by atoms with van der Waals surface area (Å²) >= 11 is 0. The predicted molar refractivity (Wildman–Crippen MR) is 102 cm³/mol. The van der Waals surface area contributed by atoms with Crippen molar-refractivity contribution in [2.24, 2.45) is 0 Å². The van der Waals surface area contributed by atoms with Crippen molar-refractivity contribution in [3.8, 4) is 18.1 Å². The van der Waals surface area contributed by atoms with Gasteiger partial charge in [0, 0.05) is 12.7 Å². The van der Waals surface area contributed by atoms with Crippen LogP contribution in [-0.2, 0) is 4.79 Å². The zero-order valence-electron chi connectivity index (χ0n) is 15.0. The Labute approximate surface area is 150 Å². The normalized spacial score (nSPS) is 11.6. The third-order valence-corrected chi connectivity index (χ3v) is 4.17. The number of hydrogen-bond donors (Lipinski definition) is 0. The van der Waals surface area contributed by atoms with Crippen LogP contribution in [-0.4, -0.2) is 38.1 Å². The molecule has 1 atom stereocenters. The second-order valence-electron chi connectivity index (χ2n) is 5.77. The maximum absolute atomic E-state index is 13.1. The molecule has 4 heteroatoms. The summed E-state index contributed by atoms with van der Waals surface area (Å²) in [6, 6.07) is 16.9. The van der Waals surface area contributed by atoms with Crippen molar-refractivity contribution in [3.05, 3.63) is 60.2 Å². The molecule has 0 aliphatic carbocycles. The molecule has 0 aliphatic heterocycles. The molecule has 2 aromatic carbocycles. The number of amides is 1. The van der Waals surface area contributed by atoms with Gasteiger partial charge in [0.15, 0.2) is 0 Å². The van der Waals surface area contributed by atoms with Crippen LogP contribution in [0.5, 0.6) is 5.75 Å². The molecule has 2 rings (SSSR count). The summed E-state index contributed by atoms with van der Waals surface area (Å²) < 4.78 is 5.37. The molecule has 4 nitrogen and oxygen atoms in total. The van der Waals surface area contributed by atoms with Crippen LogP contribution in [0.25, 0.3) is 0 Å². The molecule has 0 fully saturated rings. The first-order valence-corrected chi connectivity index (χ1v) is 8.27. The van der Waals surface area contributed by atoms with Gasteiger partial charge in [-0.25, -0.2) is 0 Å². The average Bonchev–Trinajstić information content (AvgIpc) is 2.67. The smallest absolute Gasteiger partial charge is 0.248 e. The van der Waals surface area contributed by atoms with Crippen molar-refractivity contribution in [2.75, 3.05) is 32.1 Å². The second-order valence-corrected chi connectivity index (χ2v) is 5.77. The molecule has 1 unspecified atom stereocenters. The van der Waals surface area contributed by atoms with Crippen LogP contribution in [0, 0.1) is 12.3 Å². The summed E-state index contributed by atoms with van der Waals surface area (Å²) in [5.41, 5.74) is 1.79. The van der Waals surface area contributed by atoms with E-state index in [1.165, 1.54) is 0 Å². The summed E-state index contributed by atoms with van der Waals surface area (Å²) in [7, 11) is 3.75. The Bertz CT molecular complexity index is 720. The van der Waals surface area contributed by atoms with E-state index in [0.717, 1.165) is 17.8 Å². The van der Waals surface area contributed by atoms with Crippen LogP contribution in [0.2, 0.25) is 0 Å². The topological polar surface area (TPSA) is 32.8 Å². The van der Waals surface area contributed by atoms with Crippen molar-refractivity contribution in [3.63, 3.8) is 0 Å². The first-order chi connectivity index (χ1) is 12.1. The molecule has 0 aromatic heterocycles. The summed E-state index contributed by atoms with van der Waals surface area (Å²) in [4.78, 5) is 16.8.